The van der Waals surface area contributed by atoms with Crippen LogP contribution in [-0.2, 0) is 0 Å². The predicted molar refractivity (Wildman–Crippen MR) is 66.2 cm³/mol. The molecule has 0 aromatic heterocycles. The van der Waals surface area contributed by atoms with Crippen LogP contribution in [0.25, 0.3) is 0 Å². The summed E-state index contributed by atoms with van der Waals surface area (Å²) in [6.45, 7) is 0.507. The van der Waals surface area contributed by atoms with E-state index in [4.69, 9.17) is 5.26 Å². The Kier molecular flexibility index (Phi) is 4.51. The highest BCUT2D eigenvalue weighted by atomic mass is 19.4. The maximum atomic E-state index is 12.8. The maximum absolute atomic E-state index is 12.8. The number of halogens is 3. The van der Waals surface area contributed by atoms with Crippen molar-refractivity contribution in [2.45, 2.75) is 38.3 Å². The van der Waals surface area contributed by atoms with Crippen LogP contribution in [0, 0.1) is 29.1 Å². The third-order valence-electron chi connectivity index (χ3n) is 4.24. The van der Waals surface area contributed by atoms with E-state index in [1.807, 2.05) is 0 Å². The van der Waals surface area contributed by atoms with Crippen LogP contribution in [0.1, 0.15) is 32.1 Å². The van der Waals surface area contributed by atoms with Gasteiger partial charge >= 0.3 is 6.18 Å². The molecule has 2 rings (SSSR count). The van der Waals surface area contributed by atoms with Gasteiger partial charge in [0.2, 0.25) is 0 Å². The van der Waals surface area contributed by atoms with Crippen LogP contribution >= 0.6 is 0 Å². The molecule has 0 aromatic rings. The average molecular weight is 272 g/mol. The summed E-state index contributed by atoms with van der Waals surface area (Å²) >= 11 is 0. The Morgan fingerprint density at radius 2 is 2.16 bits per heavy atom. The van der Waals surface area contributed by atoms with Gasteiger partial charge in [0.15, 0.2) is 0 Å². The van der Waals surface area contributed by atoms with Gasteiger partial charge in [-0.3, -0.25) is 0 Å². The molecule has 0 bridgehead atoms. The lowest BCUT2D eigenvalue weighted by molar-refractivity contribution is -0.179. The molecule has 1 saturated heterocycles. The van der Waals surface area contributed by atoms with Gasteiger partial charge in [-0.2, -0.15) is 18.4 Å². The van der Waals surface area contributed by atoms with Crippen molar-refractivity contribution in [2.75, 3.05) is 13.1 Å². The highest BCUT2D eigenvalue weighted by Gasteiger charge is 2.46. The molecule has 1 heterocycles. The van der Waals surface area contributed by atoms with Crippen molar-refractivity contribution in [1.82, 2.24) is 5.32 Å². The van der Waals surface area contributed by atoms with Gasteiger partial charge < -0.3 is 5.32 Å². The standard InChI is InChI=1S/C14H19F3N2/c15-14(16,17)13-9-19-8-12(13)5-4-10-2-1-3-11(6-10)7-18/h2,11-13,19H,1,3-6,8-9H2. The van der Waals surface area contributed by atoms with Gasteiger partial charge in [-0.25, -0.2) is 0 Å². The van der Waals surface area contributed by atoms with E-state index in [1.165, 1.54) is 5.57 Å². The molecule has 2 aliphatic rings. The smallest absolute Gasteiger partial charge is 0.316 e. The lowest BCUT2D eigenvalue weighted by Gasteiger charge is -2.23. The second-order valence-corrected chi connectivity index (χ2v) is 5.57. The zero-order valence-electron chi connectivity index (χ0n) is 10.8. The van der Waals surface area contributed by atoms with Crippen LogP contribution in [0.3, 0.4) is 0 Å². The SMILES string of the molecule is N#CC1CCC=C(CCC2CNCC2C(F)(F)F)C1. The summed E-state index contributed by atoms with van der Waals surface area (Å²) in [5.41, 5.74) is 1.17. The minimum Gasteiger partial charge on any atom is -0.316 e. The monoisotopic (exact) mass is 272 g/mol. The maximum Gasteiger partial charge on any atom is 0.393 e. The normalized spacial score (nSPS) is 31.9. The average Bonchev–Trinajstić information content (AvgIpc) is 2.85. The van der Waals surface area contributed by atoms with Crippen molar-refractivity contribution >= 4 is 0 Å². The molecule has 1 fully saturated rings. The van der Waals surface area contributed by atoms with E-state index < -0.39 is 12.1 Å². The van der Waals surface area contributed by atoms with Crippen molar-refractivity contribution in [3.05, 3.63) is 11.6 Å². The molecule has 19 heavy (non-hydrogen) atoms. The molecule has 0 radical (unpaired) electrons. The van der Waals surface area contributed by atoms with E-state index in [0.717, 1.165) is 19.3 Å². The zero-order chi connectivity index (χ0) is 13.9. The number of nitrogens with one attached hydrogen (secondary N) is 1. The van der Waals surface area contributed by atoms with Crippen molar-refractivity contribution in [1.29, 1.82) is 5.26 Å². The Morgan fingerprint density at radius 3 is 2.84 bits per heavy atom. The number of hydrogen-bond donors (Lipinski definition) is 1. The zero-order valence-corrected chi connectivity index (χ0v) is 10.8. The molecule has 5 heteroatoms. The van der Waals surface area contributed by atoms with Gasteiger partial charge in [0.25, 0.3) is 0 Å². The first-order chi connectivity index (χ1) is 9.00. The Labute approximate surface area is 111 Å². The molecule has 1 aliphatic heterocycles. The number of rotatable bonds is 3. The first-order valence-corrected chi connectivity index (χ1v) is 6.85. The molecule has 106 valence electrons. The van der Waals surface area contributed by atoms with Gasteiger partial charge in [0.05, 0.1) is 17.9 Å². The summed E-state index contributed by atoms with van der Waals surface area (Å²) in [6, 6.07) is 2.26. The first kappa shape index (κ1) is 14.4. The van der Waals surface area contributed by atoms with E-state index in [9.17, 15) is 13.2 Å². The van der Waals surface area contributed by atoms with E-state index in [1.54, 1.807) is 0 Å². The fourth-order valence-electron chi connectivity index (χ4n) is 3.10. The van der Waals surface area contributed by atoms with Crippen molar-refractivity contribution in [3.8, 4) is 6.07 Å². The lowest BCUT2D eigenvalue weighted by Crippen LogP contribution is -2.29. The predicted octanol–water partition coefficient (Wildman–Crippen LogP) is 3.41. The third kappa shape index (κ3) is 3.73. The molecule has 2 nitrogen and oxygen atoms in total. The van der Waals surface area contributed by atoms with Crippen molar-refractivity contribution in [2.24, 2.45) is 17.8 Å². The van der Waals surface area contributed by atoms with Crippen molar-refractivity contribution in [3.63, 3.8) is 0 Å². The molecule has 1 aliphatic carbocycles. The van der Waals surface area contributed by atoms with Crippen LogP contribution < -0.4 is 5.32 Å². The van der Waals surface area contributed by atoms with Crippen LogP contribution in [0.15, 0.2) is 11.6 Å². The number of allylic oxidation sites excluding steroid dienone is 2. The largest absolute Gasteiger partial charge is 0.393 e. The Hall–Kier alpha value is -1.02. The topological polar surface area (TPSA) is 35.8 Å². The van der Waals surface area contributed by atoms with Crippen LogP contribution in [0.5, 0.6) is 0 Å². The molecule has 1 N–H and O–H groups in total. The summed E-state index contributed by atoms with van der Waals surface area (Å²) in [5, 5.41) is 11.7. The van der Waals surface area contributed by atoms with E-state index in [0.29, 0.717) is 19.4 Å². The molecular formula is C14H19F3N2. The highest BCUT2D eigenvalue weighted by molar-refractivity contribution is 5.11. The molecule has 3 atom stereocenters. The Morgan fingerprint density at radius 1 is 1.37 bits per heavy atom. The second kappa shape index (κ2) is 5.96. The summed E-state index contributed by atoms with van der Waals surface area (Å²) in [5.74, 6) is -1.47. The van der Waals surface area contributed by atoms with E-state index in [-0.39, 0.29) is 18.4 Å². The van der Waals surface area contributed by atoms with Gasteiger partial charge in [0.1, 0.15) is 0 Å². The summed E-state index contributed by atoms with van der Waals surface area (Å²) < 4.78 is 38.4. The number of hydrogen-bond acceptors (Lipinski definition) is 2. The lowest BCUT2D eigenvalue weighted by atomic mass is 9.84. The molecule has 3 unspecified atom stereocenters. The van der Waals surface area contributed by atoms with Crippen LogP contribution in [-0.4, -0.2) is 19.3 Å². The first-order valence-electron chi connectivity index (χ1n) is 6.85. The minimum absolute atomic E-state index is 0.0496. The molecular weight excluding hydrogens is 253 g/mol. The van der Waals surface area contributed by atoms with E-state index >= 15 is 0 Å². The molecule has 0 aromatic carbocycles. The van der Waals surface area contributed by atoms with Gasteiger partial charge in [0, 0.05) is 6.54 Å². The highest BCUT2D eigenvalue weighted by Crippen LogP contribution is 2.37. The molecule has 0 saturated carbocycles. The molecule has 0 spiro atoms. The Balaban J connectivity index is 1.85. The Bertz CT molecular complexity index is 381. The summed E-state index contributed by atoms with van der Waals surface area (Å²) in [7, 11) is 0. The fourth-order valence-corrected chi connectivity index (χ4v) is 3.10. The van der Waals surface area contributed by atoms with Gasteiger partial charge in [-0.05, 0) is 44.6 Å². The van der Waals surface area contributed by atoms with Crippen molar-refractivity contribution < 1.29 is 13.2 Å². The quantitative estimate of drug-likeness (QED) is 0.799. The fraction of sp³-hybridized carbons (Fsp3) is 0.786. The summed E-state index contributed by atoms with van der Waals surface area (Å²) in [6.07, 6.45) is 1.81. The molecule has 0 amide bonds. The number of nitriles is 1. The second-order valence-electron chi connectivity index (χ2n) is 5.57. The summed E-state index contributed by atoms with van der Waals surface area (Å²) in [4.78, 5) is 0. The number of nitrogens with zero attached hydrogens (tertiary/aromatic N) is 1. The van der Waals surface area contributed by atoms with Crippen LogP contribution in [0.2, 0.25) is 0 Å². The number of alkyl halides is 3. The minimum atomic E-state index is -4.09. The third-order valence-corrected chi connectivity index (χ3v) is 4.24. The van der Waals surface area contributed by atoms with Crippen LogP contribution in [0.4, 0.5) is 13.2 Å². The van der Waals surface area contributed by atoms with Gasteiger partial charge in [-0.15, -0.1) is 0 Å². The van der Waals surface area contributed by atoms with Gasteiger partial charge in [-0.1, -0.05) is 11.6 Å². The van der Waals surface area contributed by atoms with E-state index in [2.05, 4.69) is 17.5 Å².